The van der Waals surface area contributed by atoms with E-state index in [4.69, 9.17) is 17.0 Å². The van der Waals surface area contributed by atoms with Crippen molar-refractivity contribution in [2.24, 2.45) is 0 Å². The average molecular weight is 356 g/mol. The highest BCUT2D eigenvalue weighted by Crippen LogP contribution is 2.46. The van der Waals surface area contributed by atoms with Gasteiger partial charge in [0.1, 0.15) is 17.2 Å². The number of thiocarbonyl (C=S) groups is 1. The molecule has 24 heavy (non-hydrogen) atoms. The summed E-state index contributed by atoms with van der Waals surface area (Å²) in [4.78, 5) is 16.6. The van der Waals surface area contributed by atoms with E-state index in [1.807, 2.05) is 54.6 Å². The van der Waals surface area contributed by atoms with E-state index in [2.05, 4.69) is 4.90 Å². The van der Waals surface area contributed by atoms with Crippen LogP contribution in [0.25, 0.3) is 0 Å². The Labute approximate surface area is 150 Å². The van der Waals surface area contributed by atoms with Crippen molar-refractivity contribution in [1.82, 2.24) is 4.90 Å². The second-order valence-corrected chi connectivity index (χ2v) is 7.15. The number of ether oxygens (including phenoxy) is 1. The molecule has 2 aromatic carbocycles. The van der Waals surface area contributed by atoms with Crippen LogP contribution in [0.15, 0.2) is 54.6 Å². The number of hydrogen-bond donors (Lipinski definition) is 0. The molecule has 0 radical (unpaired) electrons. The zero-order valence-electron chi connectivity index (χ0n) is 13.1. The van der Waals surface area contributed by atoms with Gasteiger partial charge in [-0.1, -0.05) is 30.3 Å². The maximum absolute atomic E-state index is 12.8. The number of benzene rings is 2. The van der Waals surface area contributed by atoms with Crippen molar-refractivity contribution in [3.63, 3.8) is 0 Å². The zero-order chi connectivity index (χ0) is 16.7. The minimum atomic E-state index is -0.185. The normalized spacial score (nSPS) is 22.9. The van der Waals surface area contributed by atoms with Crippen LogP contribution in [0.5, 0.6) is 5.75 Å². The van der Waals surface area contributed by atoms with Crippen LogP contribution in [-0.2, 0) is 4.79 Å². The molecule has 4 nitrogen and oxygen atoms in total. The second-order valence-electron chi connectivity index (χ2n) is 5.67. The second kappa shape index (κ2) is 6.11. The molecule has 0 spiro atoms. The molecule has 2 aliphatic rings. The molecular formula is C18H16N2O2S2. The van der Waals surface area contributed by atoms with E-state index >= 15 is 0 Å². The monoisotopic (exact) mass is 356 g/mol. The summed E-state index contributed by atoms with van der Waals surface area (Å²) in [6.45, 7) is 0. The first-order valence-corrected chi connectivity index (χ1v) is 9.13. The summed E-state index contributed by atoms with van der Waals surface area (Å²) >= 11 is 7.41. The molecule has 0 aromatic heterocycles. The Kier molecular flexibility index (Phi) is 3.94. The molecule has 2 saturated heterocycles. The van der Waals surface area contributed by atoms with E-state index in [9.17, 15) is 4.79 Å². The van der Waals surface area contributed by atoms with Gasteiger partial charge in [-0.2, -0.15) is 0 Å². The van der Waals surface area contributed by atoms with E-state index in [-0.39, 0.29) is 17.3 Å². The lowest BCUT2D eigenvalue weighted by Crippen LogP contribution is -2.33. The van der Waals surface area contributed by atoms with Gasteiger partial charge in [0.25, 0.3) is 5.91 Å². The van der Waals surface area contributed by atoms with Gasteiger partial charge in [0.15, 0.2) is 5.11 Å². The van der Waals surface area contributed by atoms with E-state index in [0.29, 0.717) is 5.11 Å². The first-order valence-electron chi connectivity index (χ1n) is 7.67. The Hall–Kier alpha value is -2.05. The van der Waals surface area contributed by atoms with Crippen LogP contribution in [0, 0.1) is 0 Å². The number of fused-ring (bicyclic) bond motifs is 1. The van der Waals surface area contributed by atoms with Gasteiger partial charge in [-0.05, 0) is 42.0 Å². The highest BCUT2D eigenvalue weighted by Gasteiger charge is 2.50. The number of amides is 1. The first kappa shape index (κ1) is 15.5. The zero-order valence-corrected chi connectivity index (χ0v) is 14.7. The number of hydrogen-bond acceptors (Lipinski definition) is 4. The number of anilines is 1. The minimum absolute atomic E-state index is 0.0612. The Bertz CT molecular complexity index is 779. The fourth-order valence-electron chi connectivity index (χ4n) is 3.13. The molecule has 0 bridgehead atoms. The largest absolute Gasteiger partial charge is 0.497 e. The van der Waals surface area contributed by atoms with E-state index in [0.717, 1.165) is 22.8 Å². The molecule has 1 amide bonds. The standard InChI is InChI=1S/C18H16N2O2S2/c1-22-14-9-7-12(8-10-14)17-20-15(11-24-17)16(21)19(18(20)23)13-5-3-2-4-6-13/h2-10,15,17H,11H2,1H3/t15-,17?/m0/s1. The molecule has 122 valence electrons. The third kappa shape index (κ3) is 2.37. The molecule has 2 aliphatic heterocycles. The molecule has 6 heteroatoms. The van der Waals surface area contributed by atoms with Gasteiger partial charge in [0.05, 0.1) is 12.8 Å². The summed E-state index contributed by atoms with van der Waals surface area (Å²) in [6.07, 6.45) is 0. The number of carbonyl (C=O) groups excluding carboxylic acids is 1. The van der Waals surface area contributed by atoms with Crippen molar-refractivity contribution >= 4 is 40.7 Å². The summed E-state index contributed by atoms with van der Waals surface area (Å²) in [5, 5.41) is 0.646. The smallest absolute Gasteiger partial charge is 0.257 e. The van der Waals surface area contributed by atoms with Gasteiger partial charge in [-0.3, -0.25) is 9.69 Å². The van der Waals surface area contributed by atoms with E-state index < -0.39 is 0 Å². The lowest BCUT2D eigenvalue weighted by Gasteiger charge is -2.25. The third-order valence-corrected chi connectivity index (χ3v) is 6.05. The Morgan fingerprint density at radius 1 is 1.12 bits per heavy atom. The van der Waals surface area contributed by atoms with Crippen LogP contribution < -0.4 is 9.64 Å². The topological polar surface area (TPSA) is 32.8 Å². The minimum Gasteiger partial charge on any atom is -0.497 e. The van der Waals surface area contributed by atoms with Crippen molar-refractivity contribution in [2.45, 2.75) is 11.4 Å². The predicted octanol–water partition coefficient (Wildman–Crippen LogP) is 3.44. The molecule has 0 aliphatic carbocycles. The van der Waals surface area contributed by atoms with Crippen molar-refractivity contribution < 1.29 is 9.53 Å². The summed E-state index contributed by atoms with van der Waals surface area (Å²) in [7, 11) is 1.65. The SMILES string of the molecule is COc1ccc(C2SC[C@H]3C(=O)N(c4ccccc4)C(=S)N23)cc1. The third-order valence-electron chi connectivity index (χ3n) is 4.33. The molecule has 4 rings (SSSR count). The van der Waals surface area contributed by atoms with Crippen LogP contribution in [0.4, 0.5) is 5.69 Å². The highest BCUT2D eigenvalue weighted by molar-refractivity contribution is 7.99. The van der Waals surface area contributed by atoms with Gasteiger partial charge >= 0.3 is 0 Å². The lowest BCUT2D eigenvalue weighted by molar-refractivity contribution is -0.119. The summed E-state index contributed by atoms with van der Waals surface area (Å²) in [5.74, 6) is 1.64. The summed E-state index contributed by atoms with van der Waals surface area (Å²) in [6, 6.07) is 17.4. The molecule has 1 unspecified atom stereocenters. The Balaban J connectivity index is 1.65. The molecule has 0 N–H and O–H groups in total. The number of nitrogens with zero attached hydrogens (tertiary/aromatic N) is 2. The van der Waals surface area contributed by atoms with Crippen molar-refractivity contribution in [2.75, 3.05) is 17.8 Å². The maximum atomic E-state index is 12.8. The van der Waals surface area contributed by atoms with Gasteiger partial charge in [0, 0.05) is 5.75 Å². The molecule has 2 aromatic rings. The van der Waals surface area contributed by atoms with Gasteiger partial charge < -0.3 is 9.64 Å². The van der Waals surface area contributed by atoms with Gasteiger partial charge in [-0.25, -0.2) is 0 Å². The van der Waals surface area contributed by atoms with Crippen molar-refractivity contribution in [1.29, 1.82) is 0 Å². The summed E-state index contributed by atoms with van der Waals surface area (Å²) in [5.41, 5.74) is 1.97. The predicted molar refractivity (Wildman–Crippen MR) is 100 cm³/mol. The molecule has 2 atom stereocenters. The fraction of sp³-hybridized carbons (Fsp3) is 0.222. The van der Waals surface area contributed by atoms with E-state index in [1.54, 1.807) is 23.8 Å². The molecule has 0 saturated carbocycles. The van der Waals surface area contributed by atoms with Crippen LogP contribution in [0.2, 0.25) is 0 Å². The fourth-order valence-corrected chi connectivity index (χ4v) is 5.05. The average Bonchev–Trinajstić information content (AvgIpc) is 3.17. The quantitative estimate of drug-likeness (QED) is 0.787. The number of para-hydroxylation sites is 1. The Morgan fingerprint density at radius 2 is 1.83 bits per heavy atom. The Morgan fingerprint density at radius 3 is 2.50 bits per heavy atom. The van der Waals surface area contributed by atoms with Crippen LogP contribution >= 0.6 is 24.0 Å². The number of carbonyl (C=O) groups is 1. The van der Waals surface area contributed by atoms with Gasteiger partial charge in [0.2, 0.25) is 0 Å². The van der Waals surface area contributed by atoms with Crippen molar-refractivity contribution in [3.05, 3.63) is 60.2 Å². The van der Waals surface area contributed by atoms with Crippen LogP contribution in [-0.4, -0.2) is 34.8 Å². The van der Waals surface area contributed by atoms with Crippen LogP contribution in [0.1, 0.15) is 10.9 Å². The number of methoxy groups -OCH3 is 1. The van der Waals surface area contributed by atoms with Crippen molar-refractivity contribution in [3.8, 4) is 5.75 Å². The molecule has 2 heterocycles. The van der Waals surface area contributed by atoms with Gasteiger partial charge in [-0.15, -0.1) is 11.8 Å². The number of rotatable bonds is 3. The first-order chi connectivity index (χ1) is 11.7. The van der Waals surface area contributed by atoms with E-state index in [1.165, 1.54) is 0 Å². The maximum Gasteiger partial charge on any atom is 0.257 e. The lowest BCUT2D eigenvalue weighted by atomic mass is 10.2. The number of thioether (sulfide) groups is 1. The van der Waals surface area contributed by atoms with Crippen LogP contribution in [0.3, 0.4) is 0 Å². The highest BCUT2D eigenvalue weighted by atomic mass is 32.2. The molecule has 2 fully saturated rings. The summed E-state index contributed by atoms with van der Waals surface area (Å²) < 4.78 is 5.22. The molecular weight excluding hydrogens is 340 g/mol.